The number of ether oxygens (including phenoxy) is 1. The number of nitrogens with zero attached hydrogens (tertiary/aromatic N) is 2. The fourth-order valence-corrected chi connectivity index (χ4v) is 0.883. The topological polar surface area (TPSA) is 79.1 Å². The van der Waals surface area contributed by atoms with E-state index in [2.05, 4.69) is 5.10 Å². The molecule has 1 aromatic rings. The zero-order valence-corrected chi connectivity index (χ0v) is 7.16. The maximum absolute atomic E-state index is 5.60. The van der Waals surface area contributed by atoms with Crippen molar-refractivity contribution in [3.05, 3.63) is 6.20 Å². The average Bonchev–Trinajstić information content (AvgIpc) is 2.36. The molecular weight excluding hydrogens is 156 g/mol. The summed E-state index contributed by atoms with van der Waals surface area (Å²) in [4.78, 5) is 0. The van der Waals surface area contributed by atoms with E-state index in [9.17, 15) is 0 Å². The molecule has 4 N–H and O–H groups in total. The lowest BCUT2D eigenvalue weighted by atomic mass is 10.5. The van der Waals surface area contributed by atoms with Crippen LogP contribution in [0.2, 0.25) is 0 Å². The Labute approximate surface area is 71.3 Å². The lowest BCUT2D eigenvalue weighted by molar-refractivity contribution is 0.137. The van der Waals surface area contributed by atoms with Crippen molar-refractivity contribution in [3.8, 4) is 0 Å². The van der Waals surface area contributed by atoms with Crippen molar-refractivity contribution < 1.29 is 4.74 Å². The molecular formula is C7H14N4O. The summed E-state index contributed by atoms with van der Waals surface area (Å²) in [6.45, 7) is 3.91. The van der Waals surface area contributed by atoms with Gasteiger partial charge in [-0.2, -0.15) is 5.10 Å². The fraction of sp³-hybridized carbons (Fsp3) is 0.571. The SMILES string of the molecule is CCOCCn1ncc(N)c1N. The van der Waals surface area contributed by atoms with Gasteiger partial charge in [0.05, 0.1) is 25.0 Å². The third-order valence-electron chi connectivity index (χ3n) is 1.56. The van der Waals surface area contributed by atoms with Gasteiger partial charge < -0.3 is 16.2 Å². The van der Waals surface area contributed by atoms with Crippen LogP contribution in [0.3, 0.4) is 0 Å². The smallest absolute Gasteiger partial charge is 0.145 e. The second kappa shape index (κ2) is 3.96. The first kappa shape index (κ1) is 8.86. The molecule has 5 nitrogen and oxygen atoms in total. The van der Waals surface area contributed by atoms with E-state index in [0.29, 0.717) is 31.3 Å². The summed E-state index contributed by atoms with van der Waals surface area (Å²) in [6, 6.07) is 0. The monoisotopic (exact) mass is 170 g/mol. The zero-order chi connectivity index (χ0) is 8.97. The highest BCUT2D eigenvalue weighted by Crippen LogP contribution is 2.11. The van der Waals surface area contributed by atoms with Crippen LogP contribution in [0.25, 0.3) is 0 Å². The Bertz CT molecular complexity index is 246. The minimum atomic E-state index is 0.509. The van der Waals surface area contributed by atoms with E-state index in [4.69, 9.17) is 16.2 Å². The van der Waals surface area contributed by atoms with E-state index in [1.165, 1.54) is 0 Å². The molecule has 12 heavy (non-hydrogen) atoms. The van der Waals surface area contributed by atoms with Crippen molar-refractivity contribution in [2.24, 2.45) is 0 Å². The molecule has 1 heterocycles. The molecule has 5 heteroatoms. The molecule has 68 valence electrons. The number of rotatable bonds is 4. The molecule has 1 rings (SSSR count). The van der Waals surface area contributed by atoms with Gasteiger partial charge in [0.25, 0.3) is 0 Å². The molecule has 0 spiro atoms. The molecule has 0 aliphatic rings. The van der Waals surface area contributed by atoms with Crippen LogP contribution in [-0.2, 0) is 11.3 Å². The highest BCUT2D eigenvalue weighted by molar-refractivity contribution is 5.56. The van der Waals surface area contributed by atoms with Gasteiger partial charge in [-0.1, -0.05) is 0 Å². The first-order chi connectivity index (χ1) is 5.75. The fourth-order valence-electron chi connectivity index (χ4n) is 0.883. The summed E-state index contributed by atoms with van der Waals surface area (Å²) < 4.78 is 6.77. The molecule has 0 bridgehead atoms. The van der Waals surface area contributed by atoms with Crippen LogP contribution in [0.4, 0.5) is 11.5 Å². The van der Waals surface area contributed by atoms with Crippen LogP contribution in [0.5, 0.6) is 0 Å². The van der Waals surface area contributed by atoms with Crippen molar-refractivity contribution >= 4 is 11.5 Å². The highest BCUT2D eigenvalue weighted by Gasteiger charge is 2.01. The number of nitrogens with two attached hydrogens (primary N) is 2. The summed E-state index contributed by atoms with van der Waals surface area (Å²) in [5, 5.41) is 3.97. The minimum Gasteiger partial charge on any atom is -0.394 e. The number of hydrogen-bond acceptors (Lipinski definition) is 4. The number of aromatic nitrogens is 2. The minimum absolute atomic E-state index is 0.509. The predicted molar refractivity (Wildman–Crippen MR) is 47.5 cm³/mol. The maximum atomic E-state index is 5.60. The van der Waals surface area contributed by atoms with E-state index in [-0.39, 0.29) is 0 Å². The number of hydrogen-bond donors (Lipinski definition) is 2. The van der Waals surface area contributed by atoms with Crippen LogP contribution in [0, 0.1) is 0 Å². The molecule has 0 aliphatic heterocycles. The third-order valence-corrected chi connectivity index (χ3v) is 1.56. The van der Waals surface area contributed by atoms with Crippen molar-refractivity contribution in [1.82, 2.24) is 9.78 Å². The first-order valence-corrected chi connectivity index (χ1v) is 3.90. The van der Waals surface area contributed by atoms with Crippen LogP contribution in [0.1, 0.15) is 6.92 Å². The molecule has 0 unspecified atom stereocenters. The van der Waals surface area contributed by atoms with Crippen molar-refractivity contribution in [2.75, 3.05) is 24.7 Å². The quantitative estimate of drug-likeness (QED) is 0.627. The van der Waals surface area contributed by atoms with Gasteiger partial charge in [-0.25, -0.2) is 4.68 Å². The van der Waals surface area contributed by atoms with Crippen LogP contribution in [-0.4, -0.2) is 23.0 Å². The number of anilines is 2. The second-order valence-corrected chi connectivity index (χ2v) is 2.41. The largest absolute Gasteiger partial charge is 0.394 e. The molecule has 0 radical (unpaired) electrons. The van der Waals surface area contributed by atoms with Crippen molar-refractivity contribution in [2.45, 2.75) is 13.5 Å². The van der Waals surface area contributed by atoms with E-state index in [1.807, 2.05) is 6.92 Å². The molecule has 0 aromatic carbocycles. The van der Waals surface area contributed by atoms with E-state index in [1.54, 1.807) is 10.9 Å². The third kappa shape index (κ3) is 1.88. The summed E-state index contributed by atoms with van der Waals surface area (Å²) in [7, 11) is 0. The van der Waals surface area contributed by atoms with Gasteiger partial charge in [0.15, 0.2) is 0 Å². The van der Waals surface area contributed by atoms with Crippen LogP contribution in [0.15, 0.2) is 6.20 Å². The Kier molecular flexibility index (Phi) is 2.93. The Hall–Kier alpha value is -1.23. The molecule has 0 atom stereocenters. The lowest BCUT2D eigenvalue weighted by Crippen LogP contribution is -2.10. The Balaban J connectivity index is 2.46. The summed E-state index contributed by atoms with van der Waals surface area (Å²) in [5.41, 5.74) is 11.6. The lowest BCUT2D eigenvalue weighted by Gasteiger charge is -2.03. The first-order valence-electron chi connectivity index (χ1n) is 3.90. The van der Waals surface area contributed by atoms with Gasteiger partial charge in [0.2, 0.25) is 0 Å². The van der Waals surface area contributed by atoms with Gasteiger partial charge in [-0.3, -0.25) is 0 Å². The Morgan fingerprint density at radius 2 is 2.33 bits per heavy atom. The Morgan fingerprint density at radius 3 is 2.83 bits per heavy atom. The molecule has 0 aliphatic carbocycles. The summed E-state index contributed by atoms with van der Waals surface area (Å²) >= 11 is 0. The van der Waals surface area contributed by atoms with Gasteiger partial charge in [0.1, 0.15) is 5.82 Å². The van der Waals surface area contributed by atoms with Gasteiger partial charge in [-0.05, 0) is 6.92 Å². The van der Waals surface area contributed by atoms with E-state index in [0.717, 1.165) is 0 Å². The second-order valence-electron chi connectivity index (χ2n) is 2.41. The van der Waals surface area contributed by atoms with E-state index >= 15 is 0 Å². The maximum Gasteiger partial charge on any atom is 0.145 e. The normalized spacial score (nSPS) is 10.4. The van der Waals surface area contributed by atoms with Gasteiger partial charge >= 0.3 is 0 Å². The summed E-state index contributed by atoms with van der Waals surface area (Å²) in [6.07, 6.45) is 1.54. The molecule has 0 saturated carbocycles. The molecule has 0 fully saturated rings. The average molecular weight is 170 g/mol. The molecule has 0 amide bonds. The Morgan fingerprint density at radius 1 is 1.58 bits per heavy atom. The predicted octanol–water partition coefficient (Wildman–Crippen LogP) is 0.0840. The summed E-state index contributed by atoms with van der Waals surface area (Å²) in [5.74, 6) is 0.509. The van der Waals surface area contributed by atoms with Crippen LogP contribution < -0.4 is 11.5 Å². The molecule has 0 saturated heterocycles. The van der Waals surface area contributed by atoms with Crippen LogP contribution >= 0.6 is 0 Å². The van der Waals surface area contributed by atoms with Crippen molar-refractivity contribution in [1.29, 1.82) is 0 Å². The number of nitrogen functional groups attached to an aromatic ring is 2. The van der Waals surface area contributed by atoms with Crippen molar-refractivity contribution in [3.63, 3.8) is 0 Å². The van der Waals surface area contributed by atoms with Gasteiger partial charge in [0, 0.05) is 6.61 Å². The van der Waals surface area contributed by atoms with E-state index < -0.39 is 0 Å². The zero-order valence-electron chi connectivity index (χ0n) is 7.16. The molecule has 1 aromatic heterocycles. The standard InChI is InChI=1S/C7H14N4O/c1-2-12-4-3-11-7(9)6(8)5-10-11/h5H,2-4,8-9H2,1H3. The van der Waals surface area contributed by atoms with Gasteiger partial charge in [-0.15, -0.1) is 0 Å². The highest BCUT2D eigenvalue weighted by atomic mass is 16.5.